The van der Waals surface area contributed by atoms with Gasteiger partial charge in [0.25, 0.3) is 5.91 Å². The zero-order chi connectivity index (χ0) is 18.3. The Morgan fingerprint density at radius 2 is 1.88 bits per heavy atom. The number of nitrogens with zero attached hydrogens (tertiary/aromatic N) is 1. The van der Waals surface area contributed by atoms with Crippen molar-refractivity contribution in [3.8, 4) is 5.75 Å². The molecule has 1 aliphatic carbocycles. The molecule has 1 aromatic heterocycles. The van der Waals surface area contributed by atoms with Crippen LogP contribution in [0.2, 0.25) is 0 Å². The summed E-state index contributed by atoms with van der Waals surface area (Å²) in [5.74, 6) is -1.29. The standard InChI is InChI=1S/C19H17N3O4/c1-26-18(25)19(8-11-4-2-3-5-12(11)9-19)22-17(24)15-14(23)7-6-13-16(15)21-10-20-13/h2-7,10,23H,8-9H2,1H3,(H,20,21)(H,22,24). The first-order chi connectivity index (χ1) is 12.5. The third-order valence-electron chi connectivity index (χ3n) is 4.83. The number of phenolic OH excluding ortho intramolecular Hbond substituents is 1. The predicted molar refractivity (Wildman–Crippen MR) is 93.8 cm³/mol. The number of aromatic nitrogens is 2. The highest BCUT2D eigenvalue weighted by Gasteiger charge is 2.46. The number of H-pyrrole nitrogens is 1. The van der Waals surface area contributed by atoms with E-state index in [9.17, 15) is 14.7 Å². The first-order valence-corrected chi connectivity index (χ1v) is 8.17. The summed E-state index contributed by atoms with van der Waals surface area (Å²) in [6.07, 6.45) is 2.11. The van der Waals surface area contributed by atoms with Gasteiger partial charge in [0.1, 0.15) is 22.4 Å². The minimum Gasteiger partial charge on any atom is -0.507 e. The summed E-state index contributed by atoms with van der Waals surface area (Å²) < 4.78 is 4.97. The van der Waals surface area contributed by atoms with Crippen molar-refractivity contribution in [1.29, 1.82) is 0 Å². The molecule has 1 amide bonds. The lowest BCUT2D eigenvalue weighted by molar-refractivity contribution is -0.147. The zero-order valence-electron chi connectivity index (χ0n) is 14.1. The number of nitrogens with one attached hydrogen (secondary N) is 2. The molecule has 0 atom stereocenters. The molecule has 3 N–H and O–H groups in total. The van der Waals surface area contributed by atoms with Crippen molar-refractivity contribution in [3.63, 3.8) is 0 Å². The van der Waals surface area contributed by atoms with Crippen LogP contribution in [0.1, 0.15) is 21.5 Å². The van der Waals surface area contributed by atoms with E-state index in [4.69, 9.17) is 4.74 Å². The number of amides is 1. The molecule has 7 nitrogen and oxygen atoms in total. The van der Waals surface area contributed by atoms with Gasteiger partial charge in [-0.1, -0.05) is 24.3 Å². The number of fused-ring (bicyclic) bond motifs is 2. The van der Waals surface area contributed by atoms with Crippen LogP contribution >= 0.6 is 0 Å². The molecule has 0 saturated heterocycles. The molecule has 0 aliphatic heterocycles. The van der Waals surface area contributed by atoms with Gasteiger partial charge >= 0.3 is 5.97 Å². The first kappa shape index (κ1) is 16.1. The van der Waals surface area contributed by atoms with Crippen molar-refractivity contribution in [3.05, 3.63) is 59.4 Å². The molecule has 1 aliphatic rings. The Kier molecular flexibility index (Phi) is 3.64. The van der Waals surface area contributed by atoms with E-state index in [1.165, 1.54) is 19.5 Å². The topological polar surface area (TPSA) is 104 Å². The number of hydrogen-bond donors (Lipinski definition) is 3. The number of hydrogen-bond acceptors (Lipinski definition) is 5. The lowest BCUT2D eigenvalue weighted by Crippen LogP contribution is -2.56. The molecule has 132 valence electrons. The molecule has 0 spiro atoms. The van der Waals surface area contributed by atoms with E-state index in [0.717, 1.165) is 11.1 Å². The molecule has 26 heavy (non-hydrogen) atoms. The Balaban J connectivity index is 1.73. The number of esters is 1. The van der Waals surface area contributed by atoms with E-state index < -0.39 is 17.4 Å². The number of benzene rings is 2. The van der Waals surface area contributed by atoms with Crippen LogP contribution in [0.25, 0.3) is 11.0 Å². The molecule has 0 radical (unpaired) electrons. The molecular weight excluding hydrogens is 334 g/mol. The number of aromatic hydroxyl groups is 1. The van der Waals surface area contributed by atoms with Crippen LogP contribution in [0.15, 0.2) is 42.7 Å². The Labute approximate surface area is 149 Å². The second kappa shape index (κ2) is 5.87. The number of rotatable bonds is 3. The summed E-state index contributed by atoms with van der Waals surface area (Å²) in [7, 11) is 1.30. The van der Waals surface area contributed by atoms with Crippen molar-refractivity contribution in [1.82, 2.24) is 15.3 Å². The van der Waals surface area contributed by atoms with Gasteiger partial charge in [-0.05, 0) is 23.3 Å². The Hall–Kier alpha value is -3.35. The minimum absolute atomic E-state index is 0.0305. The summed E-state index contributed by atoms with van der Waals surface area (Å²) in [6, 6.07) is 10.7. The van der Waals surface area contributed by atoms with Gasteiger partial charge in [0.05, 0.1) is 19.0 Å². The normalized spacial score (nSPS) is 14.8. The number of ether oxygens (including phenoxy) is 1. The summed E-state index contributed by atoms with van der Waals surface area (Å²) in [5, 5.41) is 13.0. The average molecular weight is 351 g/mol. The van der Waals surface area contributed by atoms with E-state index in [-0.39, 0.29) is 11.3 Å². The SMILES string of the molecule is COC(=O)C1(NC(=O)c2c(O)ccc3[nH]cnc23)Cc2ccccc2C1. The zero-order valence-corrected chi connectivity index (χ0v) is 14.1. The second-order valence-corrected chi connectivity index (χ2v) is 6.41. The fraction of sp³-hybridized carbons (Fsp3) is 0.211. The van der Waals surface area contributed by atoms with E-state index >= 15 is 0 Å². The smallest absolute Gasteiger partial charge is 0.332 e. The number of phenols is 1. The molecule has 0 saturated carbocycles. The van der Waals surface area contributed by atoms with Crippen LogP contribution in [0.4, 0.5) is 0 Å². The van der Waals surface area contributed by atoms with Gasteiger partial charge in [0.15, 0.2) is 0 Å². The quantitative estimate of drug-likeness (QED) is 0.623. The highest BCUT2D eigenvalue weighted by atomic mass is 16.5. The van der Waals surface area contributed by atoms with Crippen molar-refractivity contribution >= 4 is 22.9 Å². The Morgan fingerprint density at radius 1 is 1.19 bits per heavy atom. The third kappa shape index (κ3) is 2.40. The maximum Gasteiger partial charge on any atom is 0.332 e. The lowest BCUT2D eigenvalue weighted by atomic mass is 9.94. The monoisotopic (exact) mass is 351 g/mol. The average Bonchev–Trinajstić information content (AvgIpc) is 3.24. The number of aromatic amines is 1. The van der Waals surface area contributed by atoms with Crippen LogP contribution in [0.5, 0.6) is 5.75 Å². The minimum atomic E-state index is -1.21. The van der Waals surface area contributed by atoms with Crippen LogP contribution in [0.3, 0.4) is 0 Å². The molecule has 3 aromatic rings. The van der Waals surface area contributed by atoms with Crippen LogP contribution < -0.4 is 5.32 Å². The summed E-state index contributed by atoms with van der Waals surface area (Å²) in [6.45, 7) is 0. The second-order valence-electron chi connectivity index (χ2n) is 6.41. The maximum atomic E-state index is 13.0. The molecule has 0 unspecified atom stereocenters. The molecule has 1 heterocycles. The molecule has 7 heteroatoms. The van der Waals surface area contributed by atoms with Gasteiger partial charge < -0.3 is 20.1 Å². The number of methoxy groups -OCH3 is 1. The van der Waals surface area contributed by atoms with Crippen LogP contribution in [-0.2, 0) is 22.4 Å². The molecule has 0 bridgehead atoms. The van der Waals surface area contributed by atoms with Gasteiger partial charge in [-0.15, -0.1) is 0 Å². The maximum absolute atomic E-state index is 13.0. The van der Waals surface area contributed by atoms with E-state index in [1.807, 2.05) is 24.3 Å². The van der Waals surface area contributed by atoms with E-state index in [2.05, 4.69) is 15.3 Å². The number of imidazole rings is 1. The molecule has 0 fully saturated rings. The summed E-state index contributed by atoms with van der Waals surface area (Å²) in [5.41, 5.74) is 1.76. The first-order valence-electron chi connectivity index (χ1n) is 8.17. The highest BCUT2D eigenvalue weighted by molar-refractivity contribution is 6.09. The Bertz CT molecular complexity index is 1000. The van der Waals surface area contributed by atoms with E-state index in [0.29, 0.717) is 23.9 Å². The van der Waals surface area contributed by atoms with Crippen LogP contribution in [0, 0.1) is 0 Å². The van der Waals surface area contributed by atoms with Crippen molar-refractivity contribution in [2.24, 2.45) is 0 Å². The van der Waals surface area contributed by atoms with E-state index in [1.54, 1.807) is 6.07 Å². The number of carbonyl (C=O) groups is 2. The Morgan fingerprint density at radius 3 is 2.54 bits per heavy atom. The fourth-order valence-electron chi connectivity index (χ4n) is 3.60. The van der Waals surface area contributed by atoms with Gasteiger partial charge in [0.2, 0.25) is 0 Å². The van der Waals surface area contributed by atoms with Gasteiger partial charge in [-0.3, -0.25) is 4.79 Å². The lowest BCUT2D eigenvalue weighted by Gasteiger charge is -2.27. The summed E-state index contributed by atoms with van der Waals surface area (Å²) >= 11 is 0. The van der Waals surface area contributed by atoms with Crippen molar-refractivity contribution in [2.45, 2.75) is 18.4 Å². The third-order valence-corrected chi connectivity index (χ3v) is 4.83. The molecule has 4 rings (SSSR count). The summed E-state index contributed by atoms with van der Waals surface area (Å²) in [4.78, 5) is 32.5. The predicted octanol–water partition coefficient (Wildman–Crippen LogP) is 1.71. The van der Waals surface area contributed by atoms with Crippen molar-refractivity contribution in [2.75, 3.05) is 7.11 Å². The van der Waals surface area contributed by atoms with Gasteiger partial charge in [0, 0.05) is 12.8 Å². The molecular formula is C19H17N3O4. The highest BCUT2D eigenvalue weighted by Crippen LogP contribution is 2.33. The van der Waals surface area contributed by atoms with Crippen molar-refractivity contribution < 1.29 is 19.4 Å². The van der Waals surface area contributed by atoms with Gasteiger partial charge in [-0.2, -0.15) is 0 Å². The van der Waals surface area contributed by atoms with Gasteiger partial charge in [-0.25, -0.2) is 9.78 Å². The largest absolute Gasteiger partial charge is 0.507 e. The fourth-order valence-corrected chi connectivity index (χ4v) is 3.60. The molecule has 2 aromatic carbocycles. The number of carbonyl (C=O) groups excluding carboxylic acids is 2. The van der Waals surface area contributed by atoms with Crippen LogP contribution in [-0.4, -0.2) is 39.6 Å².